The van der Waals surface area contributed by atoms with Gasteiger partial charge in [0.1, 0.15) is 5.82 Å². The third-order valence-corrected chi connectivity index (χ3v) is 8.64. The number of carbonyl (C=O) groups excluding carboxylic acids is 1. The smallest absolute Gasteiger partial charge is 0.226 e. The van der Waals surface area contributed by atoms with E-state index in [2.05, 4.69) is 9.55 Å². The molecule has 26 heavy (non-hydrogen) atoms. The van der Waals surface area contributed by atoms with Gasteiger partial charge in [-0.25, -0.2) is 17.7 Å². The van der Waals surface area contributed by atoms with Gasteiger partial charge in [0.2, 0.25) is 15.9 Å². The Morgan fingerprint density at radius 2 is 1.77 bits per heavy atom. The second-order valence-electron chi connectivity index (χ2n) is 7.81. The van der Waals surface area contributed by atoms with Gasteiger partial charge in [0.15, 0.2) is 0 Å². The van der Waals surface area contributed by atoms with E-state index in [1.807, 2.05) is 18.0 Å². The first-order valence-corrected chi connectivity index (χ1v) is 11.3. The van der Waals surface area contributed by atoms with E-state index in [-0.39, 0.29) is 17.1 Å². The van der Waals surface area contributed by atoms with Gasteiger partial charge in [-0.2, -0.15) is 0 Å². The molecule has 1 amide bonds. The van der Waals surface area contributed by atoms with E-state index in [4.69, 9.17) is 0 Å². The summed E-state index contributed by atoms with van der Waals surface area (Å²) >= 11 is 0. The van der Waals surface area contributed by atoms with Crippen LogP contribution in [0.25, 0.3) is 0 Å². The molecular formula is C18H28N4O3S. The summed E-state index contributed by atoms with van der Waals surface area (Å²) in [5, 5.41) is -0.319. The Hall–Kier alpha value is -1.41. The molecule has 0 saturated carbocycles. The molecule has 1 atom stereocenters. The predicted molar refractivity (Wildman–Crippen MR) is 98.1 cm³/mol. The molecule has 1 unspecified atom stereocenters. The molecule has 2 fully saturated rings. The van der Waals surface area contributed by atoms with Crippen molar-refractivity contribution in [3.63, 3.8) is 0 Å². The molecule has 1 aromatic rings. The van der Waals surface area contributed by atoms with E-state index < -0.39 is 10.0 Å². The molecule has 0 radical (unpaired) electrons. The van der Waals surface area contributed by atoms with Crippen LogP contribution in [0.2, 0.25) is 0 Å². The summed E-state index contributed by atoms with van der Waals surface area (Å²) in [4.78, 5) is 19.2. The van der Waals surface area contributed by atoms with Crippen LogP contribution in [0, 0.1) is 12.8 Å². The average molecular weight is 381 g/mol. The van der Waals surface area contributed by atoms with Gasteiger partial charge in [-0.1, -0.05) is 0 Å². The number of likely N-dealkylation sites (tertiary alicyclic amines) is 1. The number of hydrogen-bond acceptors (Lipinski definition) is 4. The molecule has 8 heteroatoms. The molecule has 4 rings (SSSR count). The summed E-state index contributed by atoms with van der Waals surface area (Å²) in [7, 11) is -3.19. The molecular weight excluding hydrogens is 352 g/mol. The van der Waals surface area contributed by atoms with Gasteiger partial charge in [-0.05, 0) is 39.0 Å². The van der Waals surface area contributed by atoms with Crippen LogP contribution in [0.1, 0.15) is 43.6 Å². The predicted octanol–water partition coefficient (Wildman–Crippen LogP) is 1.17. The third kappa shape index (κ3) is 3.17. The Kier molecular flexibility index (Phi) is 4.81. The molecule has 2 saturated heterocycles. The summed E-state index contributed by atoms with van der Waals surface area (Å²) in [6, 6.07) is 0. The van der Waals surface area contributed by atoms with Gasteiger partial charge in [0, 0.05) is 57.0 Å². The summed E-state index contributed by atoms with van der Waals surface area (Å²) < 4.78 is 29.3. The molecule has 1 aromatic heterocycles. The molecule has 3 aliphatic heterocycles. The van der Waals surface area contributed by atoms with Gasteiger partial charge < -0.3 is 9.47 Å². The van der Waals surface area contributed by atoms with Crippen molar-refractivity contribution < 1.29 is 13.2 Å². The zero-order valence-electron chi connectivity index (χ0n) is 15.4. The minimum Gasteiger partial charge on any atom is -0.342 e. The van der Waals surface area contributed by atoms with E-state index in [0.29, 0.717) is 39.0 Å². The van der Waals surface area contributed by atoms with E-state index in [0.717, 1.165) is 43.7 Å². The summed E-state index contributed by atoms with van der Waals surface area (Å²) in [5.41, 5.74) is 1.14. The van der Waals surface area contributed by atoms with Crippen LogP contribution in [0.4, 0.5) is 0 Å². The van der Waals surface area contributed by atoms with Gasteiger partial charge in [0.05, 0.1) is 5.25 Å². The third-order valence-electron chi connectivity index (χ3n) is 6.24. The topological polar surface area (TPSA) is 75.5 Å². The fourth-order valence-corrected chi connectivity index (χ4v) is 6.61. The summed E-state index contributed by atoms with van der Waals surface area (Å²) in [6.07, 6.45) is 6.52. The quantitative estimate of drug-likeness (QED) is 0.789. The number of amides is 1. The second kappa shape index (κ2) is 6.96. The minimum atomic E-state index is -3.19. The van der Waals surface area contributed by atoms with Gasteiger partial charge in [-0.3, -0.25) is 4.79 Å². The van der Waals surface area contributed by atoms with Crippen LogP contribution in [-0.2, 0) is 27.8 Å². The van der Waals surface area contributed by atoms with Gasteiger partial charge >= 0.3 is 0 Å². The van der Waals surface area contributed by atoms with E-state index in [1.54, 1.807) is 4.31 Å². The first-order chi connectivity index (χ1) is 12.5. The fourth-order valence-electron chi connectivity index (χ4n) is 4.62. The molecule has 144 valence electrons. The minimum absolute atomic E-state index is 0.00494. The number of aryl methyl sites for hydroxylation is 1. The lowest BCUT2D eigenvalue weighted by Gasteiger charge is -2.36. The lowest BCUT2D eigenvalue weighted by Crippen LogP contribution is -2.48. The number of aromatic nitrogens is 2. The molecule has 0 N–H and O–H groups in total. The van der Waals surface area contributed by atoms with Crippen LogP contribution in [0.3, 0.4) is 0 Å². The lowest BCUT2D eigenvalue weighted by atomic mass is 9.94. The van der Waals surface area contributed by atoms with Crippen molar-refractivity contribution in [1.82, 2.24) is 18.8 Å². The Balaban J connectivity index is 1.35. The maximum absolute atomic E-state index is 12.9. The number of sulfonamides is 1. The SMILES string of the molecule is Cc1ncc2n1CCC(C(=O)N1CCC(S(=O)(=O)N3CCCC3)CC1)C2. The highest BCUT2D eigenvalue weighted by Crippen LogP contribution is 2.28. The van der Waals surface area contributed by atoms with Crippen LogP contribution in [0.5, 0.6) is 0 Å². The zero-order valence-corrected chi connectivity index (χ0v) is 16.2. The van der Waals surface area contributed by atoms with Crippen molar-refractivity contribution in [1.29, 1.82) is 0 Å². The first kappa shape index (κ1) is 18.0. The zero-order chi connectivity index (χ0) is 18.3. The van der Waals surface area contributed by atoms with E-state index in [9.17, 15) is 13.2 Å². The number of fused-ring (bicyclic) bond motifs is 1. The Morgan fingerprint density at radius 1 is 1.08 bits per heavy atom. The number of rotatable bonds is 3. The van der Waals surface area contributed by atoms with Crippen molar-refractivity contribution in [3.05, 3.63) is 17.7 Å². The Morgan fingerprint density at radius 3 is 2.46 bits per heavy atom. The first-order valence-electron chi connectivity index (χ1n) is 9.75. The van der Waals surface area contributed by atoms with E-state index in [1.165, 1.54) is 0 Å². The average Bonchev–Trinajstić information content (AvgIpc) is 3.32. The molecule has 3 aliphatic rings. The monoisotopic (exact) mass is 380 g/mol. The van der Waals surface area contributed by atoms with Gasteiger partial charge in [-0.15, -0.1) is 0 Å². The Labute approximate surface area is 155 Å². The molecule has 0 bridgehead atoms. The van der Waals surface area contributed by atoms with Crippen LogP contribution >= 0.6 is 0 Å². The standard InChI is InChI=1S/C18H28N4O3S/c1-14-19-13-16-12-15(4-11-22(14)16)18(23)20-9-5-17(6-10-20)26(24,25)21-7-2-3-8-21/h13,15,17H,2-12H2,1H3. The summed E-state index contributed by atoms with van der Waals surface area (Å²) in [6.45, 7) is 5.29. The normalized spacial score (nSPS) is 25.4. The molecule has 0 aliphatic carbocycles. The number of imidazole rings is 1. The fraction of sp³-hybridized carbons (Fsp3) is 0.778. The van der Waals surface area contributed by atoms with Crippen LogP contribution in [0.15, 0.2) is 6.20 Å². The van der Waals surface area contributed by atoms with Crippen molar-refractivity contribution >= 4 is 15.9 Å². The van der Waals surface area contributed by atoms with Crippen molar-refractivity contribution in [2.45, 2.75) is 57.2 Å². The highest BCUT2D eigenvalue weighted by Gasteiger charge is 2.38. The van der Waals surface area contributed by atoms with E-state index >= 15 is 0 Å². The second-order valence-corrected chi connectivity index (χ2v) is 10.0. The molecule has 0 spiro atoms. The Bertz CT molecular complexity index is 774. The highest BCUT2D eigenvalue weighted by molar-refractivity contribution is 7.89. The van der Waals surface area contributed by atoms with Crippen molar-refractivity contribution in [3.8, 4) is 0 Å². The lowest BCUT2D eigenvalue weighted by molar-refractivity contribution is -0.137. The molecule has 0 aromatic carbocycles. The number of nitrogens with zero attached hydrogens (tertiary/aromatic N) is 4. The number of hydrogen-bond donors (Lipinski definition) is 0. The largest absolute Gasteiger partial charge is 0.342 e. The number of piperidine rings is 1. The maximum atomic E-state index is 12.9. The molecule has 4 heterocycles. The van der Waals surface area contributed by atoms with Crippen LogP contribution in [-0.4, -0.2) is 64.5 Å². The highest BCUT2D eigenvalue weighted by atomic mass is 32.2. The van der Waals surface area contributed by atoms with Crippen molar-refractivity contribution in [2.24, 2.45) is 5.92 Å². The number of carbonyl (C=O) groups is 1. The van der Waals surface area contributed by atoms with Crippen molar-refractivity contribution in [2.75, 3.05) is 26.2 Å². The molecule has 7 nitrogen and oxygen atoms in total. The maximum Gasteiger partial charge on any atom is 0.226 e. The van der Waals surface area contributed by atoms with Crippen LogP contribution < -0.4 is 0 Å². The van der Waals surface area contributed by atoms with Gasteiger partial charge in [0.25, 0.3) is 0 Å². The summed E-state index contributed by atoms with van der Waals surface area (Å²) in [5.74, 6) is 1.20.